The molecule has 1 amide bonds. The molecule has 1 aromatic rings. The van der Waals surface area contributed by atoms with Crippen molar-refractivity contribution in [1.29, 1.82) is 0 Å². The van der Waals surface area contributed by atoms with Crippen molar-refractivity contribution >= 4 is 28.3 Å². The summed E-state index contributed by atoms with van der Waals surface area (Å²) in [7, 11) is -3.54. The van der Waals surface area contributed by atoms with Crippen LogP contribution < -0.4 is 15.8 Å². The van der Waals surface area contributed by atoms with Gasteiger partial charge in [0.25, 0.3) is 0 Å². The third-order valence-corrected chi connectivity index (χ3v) is 5.09. The van der Waals surface area contributed by atoms with E-state index in [4.69, 9.17) is 10.5 Å². The summed E-state index contributed by atoms with van der Waals surface area (Å²) in [5, 5.41) is 2.64. The number of ether oxygens (including phenoxy) is 1. The van der Waals surface area contributed by atoms with Gasteiger partial charge in [-0.05, 0) is 30.9 Å². The molecule has 9 heteroatoms. The van der Waals surface area contributed by atoms with Gasteiger partial charge in [-0.1, -0.05) is 38.1 Å². The summed E-state index contributed by atoms with van der Waals surface area (Å²) in [6.45, 7) is 7.89. The predicted octanol–water partition coefficient (Wildman–Crippen LogP) is 1.69. The van der Waals surface area contributed by atoms with Crippen LogP contribution in [0.1, 0.15) is 50.8 Å². The predicted molar refractivity (Wildman–Crippen MR) is 111 cm³/mol. The van der Waals surface area contributed by atoms with Crippen LogP contribution in [-0.4, -0.2) is 45.9 Å². The molecule has 0 fully saturated rings. The molecule has 0 aliphatic carbocycles. The van der Waals surface area contributed by atoms with Gasteiger partial charge in [0.05, 0.1) is 25.0 Å². The van der Waals surface area contributed by atoms with Gasteiger partial charge >= 0.3 is 0 Å². The molecule has 0 heterocycles. The first kappa shape index (κ1) is 25.8. The van der Waals surface area contributed by atoms with E-state index in [1.54, 1.807) is 0 Å². The highest BCUT2D eigenvalue weighted by Crippen LogP contribution is 2.17. The topological polar surface area (TPSA) is 111 Å². The van der Waals surface area contributed by atoms with Crippen molar-refractivity contribution in [2.24, 2.45) is 5.73 Å². The number of halogens is 1. The first-order valence-electron chi connectivity index (χ1n) is 8.81. The summed E-state index contributed by atoms with van der Waals surface area (Å²) < 4.78 is 31.0. The first-order valence-corrected chi connectivity index (χ1v) is 10.5. The molecule has 4 N–H and O–H groups in total. The lowest BCUT2D eigenvalue weighted by atomic mass is 9.99. The Hall–Kier alpha value is -1.19. The SMILES string of the molecule is CC(C)OCCS(=O)(=O)NCC(=O)NCC(N)c1ccc(C(C)C)cc1.Cl. The average molecular weight is 422 g/mol. The minimum Gasteiger partial charge on any atom is -0.378 e. The van der Waals surface area contributed by atoms with Crippen molar-refractivity contribution in [2.45, 2.75) is 45.8 Å². The Balaban J connectivity index is 0.00000676. The van der Waals surface area contributed by atoms with Gasteiger partial charge in [-0.25, -0.2) is 13.1 Å². The van der Waals surface area contributed by atoms with E-state index in [1.165, 1.54) is 5.56 Å². The number of sulfonamides is 1. The summed E-state index contributed by atoms with van der Waals surface area (Å²) in [6.07, 6.45) is -0.0374. The summed E-state index contributed by atoms with van der Waals surface area (Å²) in [6, 6.07) is 7.59. The number of carbonyl (C=O) groups is 1. The summed E-state index contributed by atoms with van der Waals surface area (Å²) in [5.41, 5.74) is 8.22. The average Bonchev–Trinajstić information content (AvgIpc) is 2.57. The molecule has 1 unspecified atom stereocenters. The summed E-state index contributed by atoms with van der Waals surface area (Å²) in [4.78, 5) is 11.8. The lowest BCUT2D eigenvalue weighted by Gasteiger charge is -2.15. The van der Waals surface area contributed by atoms with Crippen LogP contribution in [0.4, 0.5) is 0 Å². The van der Waals surface area contributed by atoms with Crippen LogP contribution in [0.5, 0.6) is 0 Å². The van der Waals surface area contributed by atoms with E-state index in [9.17, 15) is 13.2 Å². The lowest BCUT2D eigenvalue weighted by Crippen LogP contribution is -2.40. The molecular weight excluding hydrogens is 390 g/mol. The van der Waals surface area contributed by atoms with Gasteiger partial charge in [-0.3, -0.25) is 4.79 Å². The minimum atomic E-state index is -3.54. The van der Waals surface area contributed by atoms with Crippen LogP contribution in [0.25, 0.3) is 0 Å². The highest BCUT2D eigenvalue weighted by molar-refractivity contribution is 7.89. The third kappa shape index (κ3) is 10.7. The number of hydrogen-bond acceptors (Lipinski definition) is 5. The Labute approximate surface area is 168 Å². The van der Waals surface area contributed by atoms with Gasteiger partial charge in [0.2, 0.25) is 15.9 Å². The highest BCUT2D eigenvalue weighted by atomic mass is 35.5. The van der Waals surface area contributed by atoms with Crippen molar-refractivity contribution in [3.8, 4) is 0 Å². The summed E-state index contributed by atoms with van der Waals surface area (Å²) in [5.74, 6) is -0.160. The number of carbonyl (C=O) groups excluding carboxylic acids is 1. The Bertz CT molecular complexity index is 664. The van der Waals surface area contributed by atoms with E-state index >= 15 is 0 Å². The van der Waals surface area contributed by atoms with Gasteiger partial charge < -0.3 is 15.8 Å². The van der Waals surface area contributed by atoms with Gasteiger partial charge in [-0.2, -0.15) is 0 Å². The minimum absolute atomic E-state index is 0. The van der Waals surface area contributed by atoms with Crippen LogP contribution in [0.2, 0.25) is 0 Å². The second kappa shape index (κ2) is 12.3. The highest BCUT2D eigenvalue weighted by Gasteiger charge is 2.14. The Morgan fingerprint density at radius 2 is 1.67 bits per heavy atom. The van der Waals surface area contributed by atoms with Crippen LogP contribution >= 0.6 is 12.4 Å². The van der Waals surface area contributed by atoms with Gasteiger partial charge in [0, 0.05) is 12.6 Å². The fourth-order valence-electron chi connectivity index (χ4n) is 2.17. The molecule has 156 valence electrons. The zero-order chi connectivity index (χ0) is 19.7. The van der Waals surface area contributed by atoms with E-state index in [2.05, 4.69) is 23.9 Å². The molecule has 0 spiro atoms. The smallest absolute Gasteiger partial charge is 0.235 e. The number of rotatable bonds is 11. The zero-order valence-electron chi connectivity index (χ0n) is 16.4. The molecule has 0 aromatic heterocycles. The molecule has 0 saturated carbocycles. The Kier molecular flexibility index (Phi) is 11.8. The quantitative estimate of drug-likeness (QED) is 0.503. The number of hydrogen-bond donors (Lipinski definition) is 3. The number of nitrogens with one attached hydrogen (secondary N) is 2. The Morgan fingerprint density at radius 3 is 2.19 bits per heavy atom. The van der Waals surface area contributed by atoms with Crippen molar-refractivity contribution in [2.75, 3.05) is 25.4 Å². The standard InChI is InChI=1S/C18H31N3O4S.ClH/c1-13(2)15-5-7-16(8-6-15)17(19)11-20-18(22)12-21-26(23,24)10-9-25-14(3)4;/h5-8,13-14,17,21H,9-12,19H2,1-4H3,(H,20,22);1H. The normalized spacial score (nSPS) is 12.7. The lowest BCUT2D eigenvalue weighted by molar-refractivity contribution is -0.120. The van der Waals surface area contributed by atoms with Gasteiger partial charge in [-0.15, -0.1) is 12.4 Å². The van der Waals surface area contributed by atoms with Crippen molar-refractivity contribution < 1.29 is 17.9 Å². The molecule has 0 aliphatic rings. The number of nitrogens with two attached hydrogens (primary N) is 1. The fraction of sp³-hybridized carbons (Fsp3) is 0.611. The first-order chi connectivity index (χ1) is 12.1. The maximum Gasteiger partial charge on any atom is 0.235 e. The van der Waals surface area contributed by atoms with Crippen molar-refractivity contribution in [3.05, 3.63) is 35.4 Å². The van der Waals surface area contributed by atoms with Crippen LogP contribution in [0.3, 0.4) is 0 Å². The number of amides is 1. The molecule has 0 radical (unpaired) electrons. The molecule has 1 atom stereocenters. The fourth-order valence-corrected chi connectivity index (χ4v) is 2.98. The van der Waals surface area contributed by atoms with Gasteiger partial charge in [0.15, 0.2) is 0 Å². The van der Waals surface area contributed by atoms with Crippen molar-refractivity contribution in [3.63, 3.8) is 0 Å². The number of benzene rings is 1. The van der Waals surface area contributed by atoms with Crippen LogP contribution in [-0.2, 0) is 19.6 Å². The van der Waals surface area contributed by atoms with E-state index in [0.717, 1.165) is 5.56 Å². The largest absolute Gasteiger partial charge is 0.378 e. The van der Waals surface area contributed by atoms with E-state index < -0.39 is 15.9 Å². The molecular formula is C18H32ClN3O4S. The molecule has 27 heavy (non-hydrogen) atoms. The van der Waals surface area contributed by atoms with E-state index in [-0.39, 0.29) is 50.0 Å². The van der Waals surface area contributed by atoms with E-state index in [1.807, 2.05) is 38.1 Å². The molecule has 1 aromatic carbocycles. The second-order valence-corrected chi connectivity index (χ2v) is 8.72. The maximum atomic E-state index is 11.8. The zero-order valence-corrected chi connectivity index (χ0v) is 18.0. The molecule has 7 nitrogen and oxygen atoms in total. The molecule has 0 saturated heterocycles. The Morgan fingerprint density at radius 1 is 1.11 bits per heavy atom. The monoisotopic (exact) mass is 421 g/mol. The van der Waals surface area contributed by atoms with Crippen molar-refractivity contribution in [1.82, 2.24) is 10.0 Å². The summed E-state index contributed by atoms with van der Waals surface area (Å²) >= 11 is 0. The van der Waals surface area contributed by atoms with E-state index in [0.29, 0.717) is 5.92 Å². The molecule has 0 bridgehead atoms. The van der Waals surface area contributed by atoms with Crippen LogP contribution in [0, 0.1) is 0 Å². The third-order valence-electron chi connectivity index (χ3n) is 3.81. The molecule has 1 rings (SSSR count). The molecule has 0 aliphatic heterocycles. The maximum absolute atomic E-state index is 11.8. The van der Waals surface area contributed by atoms with Gasteiger partial charge in [0.1, 0.15) is 0 Å². The second-order valence-electron chi connectivity index (χ2n) is 6.79. The van der Waals surface area contributed by atoms with Crippen LogP contribution in [0.15, 0.2) is 24.3 Å².